The molecular weight excluding hydrogens is 241 g/mol. The predicted molar refractivity (Wildman–Crippen MR) is 74.7 cm³/mol. The van der Waals surface area contributed by atoms with Gasteiger partial charge in [0.1, 0.15) is 5.82 Å². The molecule has 1 aromatic carbocycles. The van der Waals surface area contributed by atoms with Gasteiger partial charge < -0.3 is 5.32 Å². The highest BCUT2D eigenvalue weighted by atomic mass is 19.1. The van der Waals surface area contributed by atoms with E-state index in [-0.39, 0.29) is 11.9 Å². The summed E-state index contributed by atoms with van der Waals surface area (Å²) in [5, 5.41) is 11.5. The lowest BCUT2D eigenvalue weighted by Crippen LogP contribution is -2.11. The van der Waals surface area contributed by atoms with Gasteiger partial charge in [-0.05, 0) is 62.6 Å². The normalized spacial score (nSPS) is 12.3. The Hall–Kier alpha value is -1.97. The summed E-state index contributed by atoms with van der Waals surface area (Å²) in [4.78, 5) is 0. The fourth-order valence-electron chi connectivity index (χ4n) is 2.17. The number of nitrogens with zero attached hydrogens (tertiary/aromatic N) is 2. The molecule has 100 valence electrons. The van der Waals surface area contributed by atoms with Crippen LogP contribution in [-0.2, 0) is 0 Å². The lowest BCUT2D eigenvalue weighted by atomic mass is 10.0. The molecule has 1 heterocycles. The van der Waals surface area contributed by atoms with Crippen molar-refractivity contribution < 1.29 is 4.39 Å². The van der Waals surface area contributed by atoms with Crippen molar-refractivity contribution in [2.75, 3.05) is 5.32 Å². The molecule has 0 saturated heterocycles. The summed E-state index contributed by atoms with van der Waals surface area (Å²) in [7, 11) is 0. The number of halogens is 1. The third-order valence-electron chi connectivity index (χ3n) is 3.16. The number of benzene rings is 1. The second kappa shape index (κ2) is 5.34. The molecule has 0 saturated carbocycles. The van der Waals surface area contributed by atoms with Crippen LogP contribution in [-0.4, -0.2) is 10.2 Å². The summed E-state index contributed by atoms with van der Waals surface area (Å²) in [6, 6.07) is 6.87. The standard InChI is InChI=1S/C15H18FN3/c1-9-8-13(16)5-6-14(9)12(4)17-15-10(2)7-11(3)18-19-15/h5-8,12H,1-4H3,(H,17,19). The Bertz CT molecular complexity index is 596. The molecule has 0 radical (unpaired) electrons. The first-order valence-electron chi connectivity index (χ1n) is 6.31. The molecule has 0 aliphatic carbocycles. The fourth-order valence-corrected chi connectivity index (χ4v) is 2.17. The van der Waals surface area contributed by atoms with E-state index in [1.54, 1.807) is 12.1 Å². The van der Waals surface area contributed by atoms with Crippen molar-refractivity contribution in [3.05, 3.63) is 52.5 Å². The van der Waals surface area contributed by atoms with Gasteiger partial charge in [-0.3, -0.25) is 0 Å². The zero-order valence-corrected chi connectivity index (χ0v) is 11.7. The Morgan fingerprint density at radius 1 is 1.05 bits per heavy atom. The van der Waals surface area contributed by atoms with Crippen LogP contribution < -0.4 is 5.32 Å². The Kier molecular flexibility index (Phi) is 3.79. The van der Waals surface area contributed by atoms with Crippen molar-refractivity contribution in [1.82, 2.24) is 10.2 Å². The molecule has 0 fully saturated rings. The van der Waals surface area contributed by atoms with Crippen molar-refractivity contribution >= 4 is 5.82 Å². The summed E-state index contributed by atoms with van der Waals surface area (Å²) in [5.74, 6) is 0.557. The number of rotatable bonds is 3. The highest BCUT2D eigenvalue weighted by Gasteiger charge is 2.11. The lowest BCUT2D eigenvalue weighted by Gasteiger charge is -2.18. The van der Waals surface area contributed by atoms with Gasteiger partial charge in [-0.25, -0.2) is 4.39 Å². The van der Waals surface area contributed by atoms with E-state index in [1.807, 2.05) is 33.8 Å². The maximum atomic E-state index is 13.1. The van der Waals surface area contributed by atoms with E-state index in [2.05, 4.69) is 15.5 Å². The molecule has 19 heavy (non-hydrogen) atoms. The SMILES string of the molecule is Cc1cc(C)c(NC(C)c2ccc(F)cc2C)nn1. The van der Waals surface area contributed by atoms with Gasteiger partial charge in [0.15, 0.2) is 5.82 Å². The van der Waals surface area contributed by atoms with E-state index in [0.29, 0.717) is 0 Å². The number of anilines is 1. The largest absolute Gasteiger partial charge is 0.362 e. The van der Waals surface area contributed by atoms with Crippen molar-refractivity contribution in [2.24, 2.45) is 0 Å². The van der Waals surface area contributed by atoms with E-state index in [4.69, 9.17) is 0 Å². The molecule has 0 aliphatic heterocycles. The van der Waals surface area contributed by atoms with Crippen LogP contribution in [0.3, 0.4) is 0 Å². The molecule has 0 bridgehead atoms. The van der Waals surface area contributed by atoms with Gasteiger partial charge in [0.25, 0.3) is 0 Å². The van der Waals surface area contributed by atoms with Crippen molar-refractivity contribution in [1.29, 1.82) is 0 Å². The Morgan fingerprint density at radius 2 is 1.79 bits per heavy atom. The van der Waals surface area contributed by atoms with Crippen molar-refractivity contribution in [3.63, 3.8) is 0 Å². The van der Waals surface area contributed by atoms with E-state index >= 15 is 0 Å². The van der Waals surface area contributed by atoms with Crippen molar-refractivity contribution in [3.8, 4) is 0 Å². The third-order valence-corrected chi connectivity index (χ3v) is 3.16. The minimum atomic E-state index is -0.209. The molecule has 2 aromatic rings. The average molecular weight is 259 g/mol. The van der Waals surface area contributed by atoms with Crippen LogP contribution in [0.1, 0.15) is 35.3 Å². The quantitative estimate of drug-likeness (QED) is 0.913. The van der Waals surface area contributed by atoms with Crippen LogP contribution >= 0.6 is 0 Å². The summed E-state index contributed by atoms with van der Waals surface area (Å²) >= 11 is 0. The van der Waals surface area contributed by atoms with Gasteiger partial charge in [0, 0.05) is 0 Å². The number of hydrogen-bond acceptors (Lipinski definition) is 3. The zero-order valence-electron chi connectivity index (χ0n) is 11.7. The molecule has 0 aliphatic rings. The van der Waals surface area contributed by atoms with E-state index in [0.717, 1.165) is 28.2 Å². The van der Waals surface area contributed by atoms with Gasteiger partial charge >= 0.3 is 0 Å². The molecule has 0 spiro atoms. The Labute approximate surface area is 112 Å². The van der Waals surface area contributed by atoms with Gasteiger partial charge in [-0.15, -0.1) is 5.10 Å². The topological polar surface area (TPSA) is 37.8 Å². The first-order valence-corrected chi connectivity index (χ1v) is 6.31. The molecule has 3 nitrogen and oxygen atoms in total. The molecule has 1 unspecified atom stereocenters. The second-order valence-corrected chi connectivity index (χ2v) is 4.88. The minimum absolute atomic E-state index is 0.0521. The summed E-state index contributed by atoms with van der Waals surface area (Å²) in [5.41, 5.74) is 3.94. The van der Waals surface area contributed by atoms with Crippen molar-refractivity contribution in [2.45, 2.75) is 33.7 Å². The first-order chi connectivity index (χ1) is 8.97. The number of aryl methyl sites for hydroxylation is 3. The van der Waals surface area contributed by atoms with Gasteiger partial charge in [0.05, 0.1) is 11.7 Å². The Morgan fingerprint density at radius 3 is 2.42 bits per heavy atom. The first kappa shape index (κ1) is 13.5. The van der Waals surface area contributed by atoms with Crippen LogP contribution in [0, 0.1) is 26.6 Å². The molecule has 4 heteroatoms. The van der Waals surface area contributed by atoms with E-state index in [9.17, 15) is 4.39 Å². The maximum absolute atomic E-state index is 13.1. The van der Waals surface area contributed by atoms with Gasteiger partial charge in [-0.1, -0.05) is 6.07 Å². The van der Waals surface area contributed by atoms with Crippen LogP contribution in [0.25, 0.3) is 0 Å². The summed E-state index contributed by atoms with van der Waals surface area (Å²) in [6.45, 7) is 7.84. The van der Waals surface area contributed by atoms with E-state index in [1.165, 1.54) is 6.07 Å². The summed E-state index contributed by atoms with van der Waals surface area (Å²) < 4.78 is 13.1. The molecule has 1 aromatic heterocycles. The monoisotopic (exact) mass is 259 g/mol. The van der Waals surface area contributed by atoms with Crippen LogP contribution in [0.4, 0.5) is 10.2 Å². The zero-order chi connectivity index (χ0) is 14.0. The second-order valence-electron chi connectivity index (χ2n) is 4.88. The fraction of sp³-hybridized carbons (Fsp3) is 0.333. The van der Waals surface area contributed by atoms with Crippen LogP contribution in [0.15, 0.2) is 24.3 Å². The van der Waals surface area contributed by atoms with Gasteiger partial charge in [-0.2, -0.15) is 5.10 Å². The maximum Gasteiger partial charge on any atom is 0.152 e. The molecule has 1 atom stereocenters. The predicted octanol–water partition coefficient (Wildman–Crippen LogP) is 3.71. The number of aromatic nitrogens is 2. The lowest BCUT2D eigenvalue weighted by molar-refractivity contribution is 0.624. The molecule has 2 rings (SSSR count). The minimum Gasteiger partial charge on any atom is -0.362 e. The average Bonchev–Trinajstić information content (AvgIpc) is 2.32. The smallest absolute Gasteiger partial charge is 0.152 e. The highest BCUT2D eigenvalue weighted by molar-refractivity contribution is 5.45. The number of nitrogens with one attached hydrogen (secondary N) is 1. The number of hydrogen-bond donors (Lipinski definition) is 1. The molecule has 1 N–H and O–H groups in total. The van der Waals surface area contributed by atoms with E-state index < -0.39 is 0 Å². The Balaban J connectivity index is 2.23. The highest BCUT2D eigenvalue weighted by Crippen LogP contribution is 2.23. The molecule has 0 amide bonds. The summed E-state index contributed by atoms with van der Waals surface area (Å²) in [6.07, 6.45) is 0. The van der Waals surface area contributed by atoms with Crippen LogP contribution in [0.2, 0.25) is 0 Å². The molecular formula is C15H18FN3. The van der Waals surface area contributed by atoms with Crippen LogP contribution in [0.5, 0.6) is 0 Å². The third kappa shape index (κ3) is 3.08. The van der Waals surface area contributed by atoms with Gasteiger partial charge in [0.2, 0.25) is 0 Å².